The lowest BCUT2D eigenvalue weighted by molar-refractivity contribution is -0.396. The van der Waals surface area contributed by atoms with Crippen LogP contribution in [0, 0.1) is 20.2 Å². The first kappa shape index (κ1) is 13.2. The lowest BCUT2D eigenvalue weighted by Gasteiger charge is -2.04. The third-order valence-electron chi connectivity index (χ3n) is 2.00. The molecule has 0 aliphatic rings. The molecule has 0 unspecified atom stereocenters. The first-order chi connectivity index (χ1) is 8.31. The van der Waals surface area contributed by atoms with E-state index in [0.717, 1.165) is 7.11 Å². The van der Waals surface area contributed by atoms with Crippen molar-refractivity contribution >= 4 is 17.3 Å². The molecule has 96 valence electrons. The van der Waals surface area contributed by atoms with Crippen LogP contribution in [0.5, 0.6) is 11.5 Å². The fourth-order valence-corrected chi connectivity index (χ4v) is 1.26. The van der Waals surface area contributed by atoms with Crippen molar-refractivity contribution in [2.24, 2.45) is 0 Å². The number of methoxy groups -OCH3 is 1. The molecule has 0 aliphatic heterocycles. The molecule has 0 aromatic heterocycles. The fourth-order valence-electron chi connectivity index (χ4n) is 1.26. The van der Waals surface area contributed by atoms with Gasteiger partial charge in [-0.1, -0.05) is 0 Å². The Labute approximate surface area is 98.3 Å². The van der Waals surface area contributed by atoms with Crippen molar-refractivity contribution in [3.63, 3.8) is 0 Å². The van der Waals surface area contributed by atoms with Gasteiger partial charge >= 0.3 is 17.3 Å². The molecule has 0 spiro atoms. The number of benzene rings is 1. The summed E-state index contributed by atoms with van der Waals surface area (Å²) >= 11 is 0. The average Bonchev–Trinajstić information content (AvgIpc) is 2.25. The molecule has 0 bridgehead atoms. The summed E-state index contributed by atoms with van der Waals surface area (Å²) in [7, 11) is 0.918. The van der Waals surface area contributed by atoms with Gasteiger partial charge in [0.1, 0.15) is 5.56 Å². The van der Waals surface area contributed by atoms with E-state index >= 15 is 0 Å². The Morgan fingerprint density at radius 2 is 1.72 bits per heavy atom. The van der Waals surface area contributed by atoms with Crippen LogP contribution in [0.15, 0.2) is 6.07 Å². The zero-order valence-electron chi connectivity index (χ0n) is 8.82. The highest BCUT2D eigenvalue weighted by atomic mass is 16.6. The van der Waals surface area contributed by atoms with Crippen LogP contribution in [-0.2, 0) is 4.74 Å². The Bertz CT molecular complexity index is 553. The van der Waals surface area contributed by atoms with E-state index in [4.69, 9.17) is 0 Å². The molecule has 0 atom stereocenters. The van der Waals surface area contributed by atoms with Crippen molar-refractivity contribution in [1.29, 1.82) is 0 Å². The first-order valence-electron chi connectivity index (χ1n) is 4.27. The van der Waals surface area contributed by atoms with Crippen LogP contribution in [0.1, 0.15) is 10.4 Å². The highest BCUT2D eigenvalue weighted by molar-refractivity contribution is 5.97. The van der Waals surface area contributed by atoms with Crippen molar-refractivity contribution in [3.8, 4) is 11.5 Å². The molecular weight excluding hydrogens is 252 g/mol. The number of hydrogen-bond acceptors (Lipinski definition) is 8. The van der Waals surface area contributed by atoms with Gasteiger partial charge < -0.3 is 14.9 Å². The number of aromatic hydroxyl groups is 2. The molecule has 1 rings (SSSR count). The van der Waals surface area contributed by atoms with Crippen LogP contribution in [-0.4, -0.2) is 33.1 Å². The standard InChI is InChI=1S/C8H6N2O8/c1-18-8(13)3-2-4(11)6(10(16)17)7(12)5(3)9(14)15/h2,11-12H,1H3. The lowest BCUT2D eigenvalue weighted by atomic mass is 10.1. The van der Waals surface area contributed by atoms with Gasteiger partial charge in [0.25, 0.3) is 5.75 Å². The predicted molar refractivity (Wildman–Crippen MR) is 54.4 cm³/mol. The second kappa shape index (κ2) is 4.53. The van der Waals surface area contributed by atoms with Gasteiger partial charge in [0, 0.05) is 6.07 Å². The normalized spacial score (nSPS) is 9.83. The summed E-state index contributed by atoms with van der Waals surface area (Å²) in [4.78, 5) is 30.0. The molecule has 0 fully saturated rings. The number of esters is 1. The van der Waals surface area contributed by atoms with E-state index in [-0.39, 0.29) is 0 Å². The lowest BCUT2D eigenvalue weighted by Crippen LogP contribution is -2.07. The van der Waals surface area contributed by atoms with E-state index in [1.54, 1.807) is 0 Å². The van der Waals surface area contributed by atoms with Gasteiger partial charge in [-0.25, -0.2) is 4.79 Å². The molecule has 1 aromatic carbocycles. The highest BCUT2D eigenvalue weighted by Gasteiger charge is 2.36. The predicted octanol–water partition coefficient (Wildman–Crippen LogP) is 0.701. The molecule has 2 N–H and O–H groups in total. The number of phenolic OH excluding ortho intramolecular Hbond substituents is 2. The van der Waals surface area contributed by atoms with Crippen molar-refractivity contribution in [2.45, 2.75) is 0 Å². The van der Waals surface area contributed by atoms with Crippen LogP contribution in [0.4, 0.5) is 11.4 Å². The molecule has 10 nitrogen and oxygen atoms in total. The van der Waals surface area contributed by atoms with Gasteiger partial charge in [0.15, 0.2) is 5.75 Å². The largest absolute Gasteiger partial charge is 0.502 e. The van der Waals surface area contributed by atoms with E-state index < -0.39 is 44.3 Å². The van der Waals surface area contributed by atoms with Crippen molar-refractivity contribution in [1.82, 2.24) is 0 Å². The van der Waals surface area contributed by atoms with Crippen LogP contribution >= 0.6 is 0 Å². The van der Waals surface area contributed by atoms with Crippen LogP contribution in [0.2, 0.25) is 0 Å². The Kier molecular flexibility index (Phi) is 3.31. The van der Waals surface area contributed by atoms with Crippen molar-refractivity contribution in [2.75, 3.05) is 7.11 Å². The maximum Gasteiger partial charge on any atom is 0.359 e. The minimum Gasteiger partial charge on any atom is -0.502 e. The molecule has 10 heteroatoms. The summed E-state index contributed by atoms with van der Waals surface area (Å²) in [5, 5.41) is 39.8. The van der Waals surface area contributed by atoms with Crippen molar-refractivity contribution < 1.29 is 29.6 Å². The summed E-state index contributed by atoms with van der Waals surface area (Å²) in [6.45, 7) is 0. The molecule has 0 aliphatic carbocycles. The zero-order valence-corrected chi connectivity index (χ0v) is 8.82. The van der Waals surface area contributed by atoms with Gasteiger partial charge in [-0.15, -0.1) is 0 Å². The smallest absolute Gasteiger partial charge is 0.359 e. The highest BCUT2D eigenvalue weighted by Crippen LogP contribution is 2.44. The Morgan fingerprint density at radius 3 is 2.11 bits per heavy atom. The van der Waals surface area contributed by atoms with E-state index in [2.05, 4.69) is 4.74 Å². The van der Waals surface area contributed by atoms with E-state index in [1.807, 2.05) is 0 Å². The van der Waals surface area contributed by atoms with E-state index in [0.29, 0.717) is 6.07 Å². The number of carbonyl (C=O) groups excluding carboxylic acids is 1. The Morgan fingerprint density at radius 1 is 1.22 bits per heavy atom. The second-order valence-corrected chi connectivity index (χ2v) is 2.99. The minimum atomic E-state index is -1.41. The summed E-state index contributed by atoms with van der Waals surface area (Å²) in [5.74, 6) is -3.71. The molecular formula is C8H6N2O8. The van der Waals surface area contributed by atoms with Crippen LogP contribution in [0.25, 0.3) is 0 Å². The number of phenols is 2. The summed E-state index contributed by atoms with van der Waals surface area (Å²) in [6.07, 6.45) is 0. The molecule has 18 heavy (non-hydrogen) atoms. The number of carbonyl (C=O) groups is 1. The Hall–Kier alpha value is -2.91. The number of nitro benzene ring substituents is 2. The fraction of sp³-hybridized carbons (Fsp3) is 0.125. The molecule has 0 amide bonds. The topological polar surface area (TPSA) is 153 Å². The summed E-state index contributed by atoms with van der Waals surface area (Å²) in [5.41, 5.74) is -3.25. The zero-order chi connectivity index (χ0) is 14.0. The third kappa shape index (κ3) is 1.98. The number of ether oxygens (including phenoxy) is 1. The second-order valence-electron chi connectivity index (χ2n) is 2.99. The maximum atomic E-state index is 11.2. The molecule has 0 heterocycles. The molecule has 0 saturated heterocycles. The van der Waals surface area contributed by atoms with E-state index in [9.17, 15) is 35.2 Å². The number of nitrogens with zero attached hydrogens (tertiary/aromatic N) is 2. The van der Waals surface area contributed by atoms with Gasteiger partial charge in [-0.3, -0.25) is 20.2 Å². The first-order valence-corrected chi connectivity index (χ1v) is 4.27. The quantitative estimate of drug-likeness (QED) is 0.456. The van der Waals surface area contributed by atoms with Gasteiger partial charge in [-0.2, -0.15) is 0 Å². The van der Waals surface area contributed by atoms with E-state index in [1.165, 1.54) is 0 Å². The van der Waals surface area contributed by atoms with Gasteiger partial charge in [0.2, 0.25) is 0 Å². The number of hydrogen-bond donors (Lipinski definition) is 2. The van der Waals surface area contributed by atoms with Gasteiger partial charge in [-0.05, 0) is 0 Å². The SMILES string of the molecule is COC(=O)c1cc(O)c([N+](=O)[O-])c(O)c1[N+](=O)[O-]. The molecule has 0 radical (unpaired) electrons. The number of nitro groups is 2. The number of rotatable bonds is 3. The third-order valence-corrected chi connectivity index (χ3v) is 2.00. The maximum absolute atomic E-state index is 11.2. The van der Waals surface area contributed by atoms with Crippen molar-refractivity contribution in [3.05, 3.63) is 31.9 Å². The minimum absolute atomic E-state index is 0.488. The summed E-state index contributed by atoms with van der Waals surface area (Å²) < 4.78 is 4.20. The van der Waals surface area contributed by atoms with Crippen LogP contribution < -0.4 is 0 Å². The molecule has 1 aromatic rings. The van der Waals surface area contributed by atoms with Crippen LogP contribution in [0.3, 0.4) is 0 Å². The monoisotopic (exact) mass is 258 g/mol. The summed E-state index contributed by atoms with van der Waals surface area (Å²) in [6, 6.07) is 0.488. The average molecular weight is 258 g/mol. The Balaban J connectivity index is 3.72. The van der Waals surface area contributed by atoms with Gasteiger partial charge in [0.05, 0.1) is 17.0 Å². The molecule has 0 saturated carbocycles.